The number of rotatable bonds is 6. The fraction of sp³-hybridized carbons (Fsp3) is 0.346. The van der Waals surface area contributed by atoms with Crippen molar-refractivity contribution in [2.75, 3.05) is 10.6 Å². The van der Waals surface area contributed by atoms with Crippen LogP contribution in [-0.4, -0.2) is 21.7 Å². The Morgan fingerprint density at radius 3 is 2.15 bits per heavy atom. The van der Waals surface area contributed by atoms with Crippen LogP contribution >= 0.6 is 0 Å². The number of hydrogen-bond donors (Lipinski definition) is 3. The first kappa shape index (κ1) is 22.6. The van der Waals surface area contributed by atoms with Crippen LogP contribution in [-0.2, 0) is 5.54 Å². The molecule has 1 unspecified atom stereocenters. The van der Waals surface area contributed by atoms with Gasteiger partial charge in [0.05, 0.1) is 11.6 Å². The quantitative estimate of drug-likeness (QED) is 0.458. The summed E-state index contributed by atoms with van der Waals surface area (Å²) in [6.07, 6.45) is 2.31. The predicted octanol–water partition coefficient (Wildman–Crippen LogP) is 5.65. The third-order valence-electron chi connectivity index (χ3n) is 5.65. The lowest BCUT2D eigenvalue weighted by molar-refractivity contribution is 0.0933. The molecule has 0 radical (unpaired) electrons. The highest BCUT2D eigenvalue weighted by molar-refractivity contribution is 5.99. The van der Waals surface area contributed by atoms with Crippen molar-refractivity contribution in [3.05, 3.63) is 77.6 Å². The second-order valence-electron chi connectivity index (χ2n) is 9.57. The van der Waals surface area contributed by atoms with E-state index in [1.165, 1.54) is 0 Å². The number of hydrogen-bond acceptors (Lipinski definition) is 3. The van der Waals surface area contributed by atoms with Gasteiger partial charge in [0.25, 0.3) is 5.91 Å². The number of para-hydroxylation sites is 1. The molecule has 2 aromatic carbocycles. The maximum absolute atomic E-state index is 12.9. The summed E-state index contributed by atoms with van der Waals surface area (Å²) < 4.78 is 1.99. The predicted molar refractivity (Wildman–Crippen MR) is 131 cm³/mol. The Balaban J connectivity index is 1.37. The number of carbonyl (C=O) groups excluding carboxylic acids is 2. The fourth-order valence-electron chi connectivity index (χ4n) is 3.74. The summed E-state index contributed by atoms with van der Waals surface area (Å²) in [6.45, 7) is 8.24. The topological polar surface area (TPSA) is 88.1 Å². The van der Waals surface area contributed by atoms with Gasteiger partial charge < -0.3 is 16.0 Å². The lowest BCUT2D eigenvalue weighted by Gasteiger charge is -2.22. The first-order chi connectivity index (χ1) is 15.7. The van der Waals surface area contributed by atoms with Gasteiger partial charge >= 0.3 is 6.03 Å². The number of nitrogens with zero attached hydrogens (tertiary/aromatic N) is 2. The first-order valence-corrected chi connectivity index (χ1v) is 11.3. The van der Waals surface area contributed by atoms with Gasteiger partial charge in [0.15, 0.2) is 0 Å². The zero-order valence-corrected chi connectivity index (χ0v) is 19.6. The molecule has 1 atom stereocenters. The summed E-state index contributed by atoms with van der Waals surface area (Å²) in [5.74, 6) is 0.326. The minimum atomic E-state index is -0.309. The Morgan fingerprint density at radius 2 is 1.58 bits per heavy atom. The Hall–Kier alpha value is -3.61. The molecule has 0 saturated heterocycles. The number of carbonyl (C=O) groups is 2. The zero-order chi connectivity index (χ0) is 23.6. The molecule has 1 aromatic heterocycles. The number of amides is 3. The van der Waals surface area contributed by atoms with Crippen LogP contribution in [0.2, 0.25) is 0 Å². The average molecular weight is 446 g/mol. The van der Waals surface area contributed by atoms with Gasteiger partial charge in [0, 0.05) is 23.0 Å². The summed E-state index contributed by atoms with van der Waals surface area (Å²) in [5, 5.41) is 13.3. The number of aromatic nitrogens is 2. The van der Waals surface area contributed by atoms with Crippen LogP contribution in [0.3, 0.4) is 0 Å². The number of anilines is 2. The Labute approximate surface area is 194 Å². The van der Waals surface area contributed by atoms with Crippen molar-refractivity contribution in [3.8, 4) is 0 Å². The number of nitrogens with one attached hydrogen (secondary N) is 3. The molecule has 33 heavy (non-hydrogen) atoms. The molecule has 7 nitrogen and oxygen atoms in total. The van der Waals surface area contributed by atoms with Crippen LogP contribution in [0.1, 0.15) is 74.2 Å². The normalized spacial score (nSPS) is 14.4. The van der Waals surface area contributed by atoms with Crippen LogP contribution in [0.5, 0.6) is 0 Å². The molecule has 172 valence electrons. The van der Waals surface area contributed by atoms with E-state index in [4.69, 9.17) is 0 Å². The smallest absolute Gasteiger partial charge is 0.323 e. The van der Waals surface area contributed by atoms with Crippen molar-refractivity contribution >= 4 is 23.3 Å². The summed E-state index contributed by atoms with van der Waals surface area (Å²) in [5.41, 5.74) is 3.76. The van der Waals surface area contributed by atoms with Gasteiger partial charge in [-0.15, -0.1) is 0 Å². The molecule has 1 saturated carbocycles. The first-order valence-electron chi connectivity index (χ1n) is 11.3. The molecular formula is C26H31N5O2. The second-order valence-corrected chi connectivity index (χ2v) is 9.57. The van der Waals surface area contributed by atoms with E-state index in [2.05, 4.69) is 41.8 Å². The van der Waals surface area contributed by atoms with Gasteiger partial charge in [0.2, 0.25) is 0 Å². The molecule has 3 N–H and O–H groups in total. The van der Waals surface area contributed by atoms with E-state index in [1.54, 1.807) is 0 Å². The number of urea groups is 1. The van der Waals surface area contributed by atoms with Gasteiger partial charge in [-0.25, -0.2) is 4.79 Å². The van der Waals surface area contributed by atoms with Crippen molar-refractivity contribution in [1.29, 1.82) is 0 Å². The Kier molecular flexibility index (Phi) is 6.22. The van der Waals surface area contributed by atoms with Gasteiger partial charge in [-0.05, 0) is 76.4 Å². The molecule has 7 heteroatoms. The monoisotopic (exact) mass is 445 g/mol. The van der Waals surface area contributed by atoms with Gasteiger partial charge in [-0.1, -0.05) is 30.3 Å². The molecule has 1 aliphatic carbocycles. The van der Waals surface area contributed by atoms with E-state index in [0.29, 0.717) is 17.3 Å². The van der Waals surface area contributed by atoms with Crippen molar-refractivity contribution in [2.24, 2.45) is 0 Å². The zero-order valence-electron chi connectivity index (χ0n) is 19.6. The summed E-state index contributed by atoms with van der Waals surface area (Å²) in [6, 6.07) is 18.1. The van der Waals surface area contributed by atoms with Crippen LogP contribution in [0.15, 0.2) is 60.7 Å². The largest absolute Gasteiger partial charge is 0.344 e. The molecule has 0 spiro atoms. The third-order valence-corrected chi connectivity index (χ3v) is 5.65. The SMILES string of the molecule is CC(NC(=O)c1cc(C2CC2)n(C(C)(C)C)n1)c1ccc(NC(=O)Nc2ccccc2)cc1. The second kappa shape index (κ2) is 9.10. The average Bonchev–Trinajstić information content (AvgIpc) is 3.51. The highest BCUT2D eigenvalue weighted by Gasteiger charge is 2.32. The minimum absolute atomic E-state index is 0.169. The number of benzene rings is 2. The maximum Gasteiger partial charge on any atom is 0.323 e. The molecule has 3 aromatic rings. The molecule has 3 amide bonds. The standard InChI is InChI=1S/C26H31N5O2/c1-17(27-24(32)22-16-23(19-10-11-19)31(30-22)26(2,3)4)18-12-14-21(15-13-18)29-25(33)28-20-8-6-5-7-9-20/h5-9,12-17,19H,10-11H2,1-4H3,(H,27,32)(H2,28,29,33). The Bertz CT molecular complexity index is 1130. The summed E-state index contributed by atoms with van der Waals surface area (Å²) in [7, 11) is 0. The van der Waals surface area contributed by atoms with Gasteiger partial charge in [0.1, 0.15) is 5.69 Å². The van der Waals surface area contributed by atoms with E-state index in [-0.39, 0.29) is 23.5 Å². The van der Waals surface area contributed by atoms with Crippen LogP contribution in [0.4, 0.5) is 16.2 Å². The minimum Gasteiger partial charge on any atom is -0.344 e. The van der Waals surface area contributed by atoms with Crippen molar-refractivity contribution in [3.63, 3.8) is 0 Å². The molecule has 0 aliphatic heterocycles. The molecule has 1 aliphatic rings. The lowest BCUT2D eigenvalue weighted by atomic mass is 10.1. The van der Waals surface area contributed by atoms with Crippen LogP contribution < -0.4 is 16.0 Å². The highest BCUT2D eigenvalue weighted by Crippen LogP contribution is 2.41. The fourth-order valence-corrected chi connectivity index (χ4v) is 3.74. The maximum atomic E-state index is 12.9. The third kappa shape index (κ3) is 5.61. The molecule has 1 fully saturated rings. The molecule has 1 heterocycles. The van der Waals surface area contributed by atoms with E-state index in [0.717, 1.165) is 29.8 Å². The van der Waals surface area contributed by atoms with Gasteiger partial charge in [-0.3, -0.25) is 9.48 Å². The van der Waals surface area contributed by atoms with E-state index >= 15 is 0 Å². The Morgan fingerprint density at radius 1 is 0.970 bits per heavy atom. The van der Waals surface area contributed by atoms with Crippen LogP contribution in [0.25, 0.3) is 0 Å². The van der Waals surface area contributed by atoms with Crippen molar-refractivity contribution in [2.45, 2.75) is 58.0 Å². The highest BCUT2D eigenvalue weighted by atomic mass is 16.2. The van der Waals surface area contributed by atoms with E-state index in [1.807, 2.05) is 72.3 Å². The molecule has 0 bridgehead atoms. The lowest BCUT2D eigenvalue weighted by Crippen LogP contribution is -2.29. The van der Waals surface area contributed by atoms with Crippen molar-refractivity contribution in [1.82, 2.24) is 15.1 Å². The summed E-state index contributed by atoms with van der Waals surface area (Å²) in [4.78, 5) is 25.1. The molecular weight excluding hydrogens is 414 g/mol. The molecule has 4 rings (SSSR count). The van der Waals surface area contributed by atoms with E-state index < -0.39 is 0 Å². The van der Waals surface area contributed by atoms with Crippen molar-refractivity contribution < 1.29 is 9.59 Å². The van der Waals surface area contributed by atoms with Gasteiger partial charge in [-0.2, -0.15) is 5.10 Å². The van der Waals surface area contributed by atoms with Crippen LogP contribution in [0, 0.1) is 0 Å². The van der Waals surface area contributed by atoms with E-state index in [9.17, 15) is 9.59 Å². The summed E-state index contributed by atoms with van der Waals surface area (Å²) >= 11 is 0.